The number of amides is 2. The number of ketones is 2. The molecule has 5 rings (SSSR count). The summed E-state index contributed by atoms with van der Waals surface area (Å²) in [6.07, 6.45) is 0.954. The molecule has 1 aromatic carbocycles. The van der Waals surface area contributed by atoms with Gasteiger partial charge in [0.2, 0.25) is 0 Å². The van der Waals surface area contributed by atoms with Crippen molar-refractivity contribution >= 4 is 23.3 Å². The molecule has 0 aliphatic heterocycles. The summed E-state index contributed by atoms with van der Waals surface area (Å²) in [5.41, 5.74) is -5.42. The van der Waals surface area contributed by atoms with Crippen molar-refractivity contribution in [2.45, 2.75) is 57.5 Å². The second-order valence-corrected chi connectivity index (χ2v) is 12.2. The number of nitrogens with zero attached hydrogens (tertiary/aromatic N) is 1. The molecule has 9 heteroatoms. The molecule has 0 bridgehead atoms. The molecule has 1 unspecified atom stereocenters. The van der Waals surface area contributed by atoms with E-state index < -0.39 is 70.2 Å². The Hall–Kier alpha value is -2.91. The van der Waals surface area contributed by atoms with Crippen LogP contribution in [0.25, 0.3) is 0 Å². The number of fused-ring (bicyclic) bond motifs is 5. The number of aliphatic hydroxyl groups excluding tert-OH is 2. The van der Waals surface area contributed by atoms with Gasteiger partial charge in [-0.25, -0.2) is 13.6 Å². The predicted octanol–water partition coefficient (Wildman–Crippen LogP) is 4.02. The number of nitrogens with one attached hydrogen (secondary N) is 1. The van der Waals surface area contributed by atoms with Gasteiger partial charge in [-0.05, 0) is 73.8 Å². The fraction of sp³-hybridized carbons (Fsp3) is 0.567. The number of hydrogen-bond acceptors (Lipinski definition) is 5. The third kappa shape index (κ3) is 3.76. The molecule has 0 heterocycles. The van der Waals surface area contributed by atoms with Crippen LogP contribution in [0.2, 0.25) is 0 Å². The average molecular weight is 543 g/mol. The number of carbonyl (C=O) groups excluding carboxylic acids is 3. The summed E-state index contributed by atoms with van der Waals surface area (Å²) in [6.45, 7) is 2.53. The van der Waals surface area contributed by atoms with Gasteiger partial charge < -0.3 is 20.4 Å². The number of allylic oxidation sites excluding steroid dienone is 4. The van der Waals surface area contributed by atoms with Crippen LogP contribution < -0.4 is 5.32 Å². The molecular weight excluding hydrogens is 506 g/mol. The lowest BCUT2D eigenvalue weighted by Crippen LogP contribution is -2.70. The maximum absolute atomic E-state index is 17.4. The molecule has 1 aromatic rings. The molecule has 210 valence electrons. The molecule has 4 aliphatic rings. The molecule has 4 aliphatic carbocycles. The Labute approximate surface area is 227 Å². The largest absolute Gasteiger partial charge is 0.390 e. The first-order valence-corrected chi connectivity index (χ1v) is 13.5. The molecule has 0 aromatic heterocycles. The minimum atomic E-state index is -2.25. The Kier molecular flexibility index (Phi) is 6.62. The first kappa shape index (κ1) is 27.6. The monoisotopic (exact) mass is 542 g/mol. The van der Waals surface area contributed by atoms with E-state index in [1.54, 1.807) is 31.3 Å². The van der Waals surface area contributed by atoms with Gasteiger partial charge in [-0.1, -0.05) is 31.2 Å². The molecular formula is C30H36F2N2O5. The van der Waals surface area contributed by atoms with E-state index in [1.165, 1.54) is 24.0 Å². The van der Waals surface area contributed by atoms with E-state index >= 15 is 8.78 Å². The van der Waals surface area contributed by atoms with Crippen LogP contribution in [-0.4, -0.2) is 70.9 Å². The molecule has 39 heavy (non-hydrogen) atoms. The first-order chi connectivity index (χ1) is 18.3. The smallest absolute Gasteiger partial charge is 0.321 e. The highest BCUT2D eigenvalue weighted by Crippen LogP contribution is 2.72. The topological polar surface area (TPSA) is 107 Å². The highest BCUT2D eigenvalue weighted by Gasteiger charge is 2.75. The lowest BCUT2D eigenvalue weighted by atomic mass is 9.43. The van der Waals surface area contributed by atoms with E-state index in [9.17, 15) is 24.6 Å². The van der Waals surface area contributed by atoms with Gasteiger partial charge in [-0.3, -0.25) is 9.59 Å². The minimum Gasteiger partial charge on any atom is -0.390 e. The van der Waals surface area contributed by atoms with Crippen LogP contribution >= 0.6 is 0 Å². The van der Waals surface area contributed by atoms with Crippen molar-refractivity contribution in [3.05, 3.63) is 54.1 Å². The summed E-state index contributed by atoms with van der Waals surface area (Å²) < 4.78 is 33.0. The second kappa shape index (κ2) is 9.34. The van der Waals surface area contributed by atoms with E-state index in [2.05, 4.69) is 5.32 Å². The highest BCUT2D eigenvalue weighted by molar-refractivity contribution is 6.01. The zero-order valence-electron chi connectivity index (χ0n) is 22.5. The number of para-hydroxylation sites is 1. The van der Waals surface area contributed by atoms with Gasteiger partial charge in [0.15, 0.2) is 17.2 Å². The van der Waals surface area contributed by atoms with Gasteiger partial charge in [0, 0.05) is 30.6 Å². The number of halogens is 2. The number of Topliss-reactive ketones (excluding diaryl/α,β-unsaturated/α-hetero) is 1. The lowest BCUT2D eigenvalue weighted by Gasteiger charge is -2.63. The van der Waals surface area contributed by atoms with Gasteiger partial charge >= 0.3 is 6.03 Å². The van der Waals surface area contributed by atoms with Crippen molar-refractivity contribution in [3.63, 3.8) is 0 Å². The molecule has 0 radical (unpaired) electrons. The van der Waals surface area contributed by atoms with E-state index in [0.717, 1.165) is 6.08 Å². The number of urea groups is 1. The van der Waals surface area contributed by atoms with Crippen LogP contribution in [0.3, 0.4) is 0 Å². The molecule has 3 saturated carbocycles. The molecule has 3 N–H and O–H groups in total. The van der Waals surface area contributed by atoms with Crippen LogP contribution in [0, 0.1) is 28.1 Å². The number of benzene rings is 1. The van der Waals surface area contributed by atoms with Gasteiger partial charge in [0.05, 0.1) is 11.5 Å². The summed E-state index contributed by atoms with van der Waals surface area (Å²) >= 11 is 0. The van der Waals surface area contributed by atoms with Gasteiger partial charge in [0.25, 0.3) is 0 Å². The molecule has 8 atom stereocenters. The highest BCUT2D eigenvalue weighted by atomic mass is 19.1. The second-order valence-electron chi connectivity index (χ2n) is 12.2. The molecule has 0 saturated heterocycles. The Morgan fingerprint density at radius 2 is 1.87 bits per heavy atom. The van der Waals surface area contributed by atoms with Crippen molar-refractivity contribution in [2.75, 3.05) is 25.5 Å². The number of alkyl halides is 2. The standard InChI is InChI=1S/C30H36F2N2O5/c1-27-11-9-19(36)13-22(27)23(31)14-21-20-10-12-29(25(38)16-35,28(20,2)15-24(37)30(21,27)32)17-34(3)26(39)33-18-7-5-4-6-8-18/h4-9,11,13,20-21,23-24,35,37H,10,12,14-17H2,1-3H3,(H,33,39)/t20?,21-,23-,24-,27-,28-,29-,30-/m0/s1. The fourth-order valence-electron chi connectivity index (χ4n) is 8.50. The van der Waals surface area contributed by atoms with Crippen molar-refractivity contribution in [2.24, 2.45) is 28.1 Å². The van der Waals surface area contributed by atoms with Crippen molar-refractivity contribution in [1.29, 1.82) is 0 Å². The third-order valence-electron chi connectivity index (χ3n) is 10.6. The SMILES string of the molecule is CN(C[C@]1(C(=O)CO)CCC2[C@@H]3C[C@H](F)C4=CC(=O)C=C[C@]4(C)[C@@]3(F)[C@@H](O)C[C@@]21C)C(=O)Nc1ccccc1. The number of hydrogen-bond donors (Lipinski definition) is 3. The molecule has 2 amide bonds. The number of anilines is 1. The summed E-state index contributed by atoms with van der Waals surface area (Å²) in [4.78, 5) is 40.0. The normalized spacial score (nSPS) is 40.7. The maximum atomic E-state index is 17.4. The average Bonchev–Trinajstić information content (AvgIpc) is 3.19. The van der Waals surface area contributed by atoms with Crippen molar-refractivity contribution in [1.82, 2.24) is 4.90 Å². The van der Waals surface area contributed by atoms with Crippen LogP contribution in [0.4, 0.5) is 19.3 Å². The number of aliphatic hydroxyl groups is 2. The molecule has 0 spiro atoms. The summed E-state index contributed by atoms with van der Waals surface area (Å²) in [7, 11) is 1.56. The van der Waals surface area contributed by atoms with Crippen LogP contribution in [-0.2, 0) is 9.59 Å². The van der Waals surface area contributed by atoms with Crippen molar-refractivity contribution in [3.8, 4) is 0 Å². The Morgan fingerprint density at radius 3 is 2.54 bits per heavy atom. The summed E-state index contributed by atoms with van der Waals surface area (Å²) in [5, 5.41) is 24.4. The van der Waals surface area contributed by atoms with Crippen molar-refractivity contribution < 1.29 is 33.4 Å². The first-order valence-electron chi connectivity index (χ1n) is 13.5. The Balaban J connectivity index is 1.51. The fourth-order valence-corrected chi connectivity index (χ4v) is 8.50. The zero-order valence-corrected chi connectivity index (χ0v) is 22.5. The Morgan fingerprint density at radius 1 is 1.18 bits per heavy atom. The van der Waals surface area contributed by atoms with Gasteiger partial charge in [-0.15, -0.1) is 0 Å². The van der Waals surface area contributed by atoms with Gasteiger partial charge in [0.1, 0.15) is 12.8 Å². The molecule has 3 fully saturated rings. The van der Waals surface area contributed by atoms with Crippen LogP contribution in [0.15, 0.2) is 54.1 Å². The van der Waals surface area contributed by atoms with Crippen LogP contribution in [0.5, 0.6) is 0 Å². The Bertz CT molecular complexity index is 1250. The van der Waals surface area contributed by atoms with Gasteiger partial charge in [-0.2, -0.15) is 0 Å². The van der Waals surface area contributed by atoms with E-state index in [0.29, 0.717) is 12.1 Å². The summed E-state index contributed by atoms with van der Waals surface area (Å²) in [5.74, 6) is -2.31. The minimum absolute atomic E-state index is 0.0458. The third-order valence-corrected chi connectivity index (χ3v) is 10.6. The predicted molar refractivity (Wildman–Crippen MR) is 141 cm³/mol. The van der Waals surface area contributed by atoms with E-state index in [-0.39, 0.29) is 31.4 Å². The van der Waals surface area contributed by atoms with E-state index in [4.69, 9.17) is 0 Å². The lowest BCUT2D eigenvalue weighted by molar-refractivity contribution is -0.212. The van der Waals surface area contributed by atoms with E-state index in [1.807, 2.05) is 13.0 Å². The summed E-state index contributed by atoms with van der Waals surface area (Å²) in [6, 6.07) is 8.40. The number of carbonyl (C=O) groups is 3. The maximum Gasteiger partial charge on any atom is 0.321 e. The zero-order chi connectivity index (χ0) is 28.4. The quantitative estimate of drug-likeness (QED) is 0.521. The molecule has 7 nitrogen and oxygen atoms in total. The number of rotatable bonds is 5. The van der Waals surface area contributed by atoms with Crippen LogP contribution in [0.1, 0.15) is 39.5 Å².